The number of benzene rings is 2. The zero-order valence-electron chi connectivity index (χ0n) is 20.4. The smallest absolute Gasteiger partial charge is 0.412 e. The normalized spacial score (nSPS) is 15.3. The van der Waals surface area contributed by atoms with Gasteiger partial charge in [-0.2, -0.15) is 10.4 Å². The number of aromatic nitrogens is 2. The van der Waals surface area contributed by atoms with E-state index in [1.54, 1.807) is 32.0 Å². The molecule has 1 aromatic heterocycles. The minimum absolute atomic E-state index is 0.174. The molecule has 1 aliphatic heterocycles. The quantitative estimate of drug-likeness (QED) is 0.353. The molecule has 11 heteroatoms. The van der Waals surface area contributed by atoms with Crippen LogP contribution in [-0.2, 0) is 19.1 Å². The summed E-state index contributed by atoms with van der Waals surface area (Å²) < 4.78 is 9.93. The van der Waals surface area contributed by atoms with Crippen LogP contribution in [0.3, 0.4) is 0 Å². The second-order valence-electron chi connectivity index (χ2n) is 9.06. The van der Waals surface area contributed by atoms with Crippen molar-refractivity contribution in [1.29, 1.82) is 5.26 Å². The maximum Gasteiger partial charge on any atom is 0.412 e. The number of carbonyl (C=O) groups excluding carboxylic acids is 3. The molecular weight excluding hydrogens is 498 g/mol. The van der Waals surface area contributed by atoms with Gasteiger partial charge in [0.1, 0.15) is 0 Å². The number of H-pyrrole nitrogens is 1. The fourth-order valence-corrected chi connectivity index (χ4v) is 4.29. The van der Waals surface area contributed by atoms with Gasteiger partial charge in [0.05, 0.1) is 29.0 Å². The SMILES string of the molecule is CC(C)C(=O)OCOC(=O)N1CCC[C@@H](C(=O)Nc2n[nH]c3ccc(-c4cc(C#N)ccc4Cl)cc23)C1. The van der Waals surface area contributed by atoms with Crippen LogP contribution in [0.4, 0.5) is 10.6 Å². The fourth-order valence-electron chi connectivity index (χ4n) is 4.06. The molecule has 0 aliphatic carbocycles. The van der Waals surface area contributed by atoms with Crippen LogP contribution in [0, 0.1) is 23.2 Å². The molecule has 3 aromatic rings. The third-order valence-electron chi connectivity index (χ3n) is 6.12. The number of rotatable bonds is 6. The van der Waals surface area contributed by atoms with E-state index in [4.69, 9.17) is 21.1 Å². The van der Waals surface area contributed by atoms with Crippen molar-refractivity contribution in [3.63, 3.8) is 0 Å². The molecule has 1 aliphatic rings. The molecule has 37 heavy (non-hydrogen) atoms. The van der Waals surface area contributed by atoms with Gasteiger partial charge in [0.15, 0.2) is 5.82 Å². The number of halogens is 1. The molecule has 1 atom stereocenters. The van der Waals surface area contributed by atoms with Crippen molar-refractivity contribution in [2.24, 2.45) is 11.8 Å². The third kappa shape index (κ3) is 6.01. The molecule has 2 amide bonds. The molecule has 2 aromatic carbocycles. The first kappa shape index (κ1) is 26.0. The maximum atomic E-state index is 13.1. The summed E-state index contributed by atoms with van der Waals surface area (Å²) >= 11 is 6.37. The number of nitrogens with zero attached hydrogens (tertiary/aromatic N) is 3. The lowest BCUT2D eigenvalue weighted by Gasteiger charge is -2.31. The molecule has 0 radical (unpaired) electrons. The number of amides is 2. The zero-order chi connectivity index (χ0) is 26.5. The largest absolute Gasteiger partial charge is 0.428 e. The molecule has 0 bridgehead atoms. The third-order valence-corrected chi connectivity index (χ3v) is 6.45. The number of carbonyl (C=O) groups is 3. The minimum Gasteiger partial charge on any atom is -0.428 e. The second-order valence-corrected chi connectivity index (χ2v) is 9.47. The highest BCUT2D eigenvalue weighted by molar-refractivity contribution is 6.33. The number of ether oxygens (including phenoxy) is 2. The Balaban J connectivity index is 1.43. The van der Waals surface area contributed by atoms with E-state index in [-0.39, 0.29) is 18.4 Å². The highest BCUT2D eigenvalue weighted by Crippen LogP contribution is 2.33. The number of nitriles is 1. The second kappa shape index (κ2) is 11.3. The van der Waals surface area contributed by atoms with E-state index in [1.807, 2.05) is 18.2 Å². The van der Waals surface area contributed by atoms with Gasteiger partial charge in [-0.3, -0.25) is 14.7 Å². The van der Waals surface area contributed by atoms with E-state index in [0.29, 0.717) is 46.7 Å². The van der Waals surface area contributed by atoms with Crippen molar-refractivity contribution in [1.82, 2.24) is 15.1 Å². The highest BCUT2D eigenvalue weighted by atomic mass is 35.5. The Labute approximate surface area is 218 Å². The van der Waals surface area contributed by atoms with E-state index >= 15 is 0 Å². The summed E-state index contributed by atoms with van der Waals surface area (Å²) in [5.74, 6) is -1.16. The van der Waals surface area contributed by atoms with E-state index in [2.05, 4.69) is 21.6 Å². The molecule has 1 saturated heterocycles. The van der Waals surface area contributed by atoms with Crippen LogP contribution in [0.1, 0.15) is 32.3 Å². The van der Waals surface area contributed by atoms with Gasteiger partial charge in [0.25, 0.3) is 0 Å². The predicted octanol–water partition coefficient (Wildman–Crippen LogP) is 4.70. The fraction of sp³-hybridized carbons (Fsp3) is 0.346. The Morgan fingerprint density at radius 3 is 2.81 bits per heavy atom. The van der Waals surface area contributed by atoms with Crippen molar-refractivity contribution in [3.05, 3.63) is 47.0 Å². The number of hydrogen-bond acceptors (Lipinski definition) is 7. The number of esters is 1. The summed E-state index contributed by atoms with van der Waals surface area (Å²) in [4.78, 5) is 38.4. The maximum absolute atomic E-state index is 13.1. The van der Waals surface area contributed by atoms with Crippen molar-refractivity contribution in [2.75, 3.05) is 25.2 Å². The van der Waals surface area contributed by atoms with Gasteiger partial charge >= 0.3 is 12.1 Å². The average molecular weight is 524 g/mol. The van der Waals surface area contributed by atoms with Crippen LogP contribution in [0.2, 0.25) is 5.02 Å². The molecule has 2 heterocycles. The molecule has 0 saturated carbocycles. The van der Waals surface area contributed by atoms with Crippen LogP contribution in [0.5, 0.6) is 0 Å². The van der Waals surface area contributed by atoms with Crippen LogP contribution in [0.25, 0.3) is 22.0 Å². The van der Waals surface area contributed by atoms with Gasteiger partial charge < -0.3 is 19.7 Å². The predicted molar refractivity (Wildman–Crippen MR) is 136 cm³/mol. The van der Waals surface area contributed by atoms with Gasteiger partial charge in [-0.25, -0.2) is 4.79 Å². The van der Waals surface area contributed by atoms with Gasteiger partial charge in [-0.1, -0.05) is 31.5 Å². The summed E-state index contributed by atoms with van der Waals surface area (Å²) in [6, 6.07) is 12.7. The van der Waals surface area contributed by atoms with Crippen LogP contribution >= 0.6 is 11.6 Å². The number of aromatic amines is 1. The summed E-state index contributed by atoms with van der Waals surface area (Å²) in [6.45, 7) is 3.52. The number of fused-ring (bicyclic) bond motifs is 1. The van der Waals surface area contributed by atoms with Crippen molar-refractivity contribution in [2.45, 2.75) is 26.7 Å². The van der Waals surface area contributed by atoms with E-state index < -0.39 is 24.8 Å². The molecule has 2 N–H and O–H groups in total. The number of hydrogen-bond donors (Lipinski definition) is 2. The Morgan fingerprint density at radius 2 is 2.05 bits per heavy atom. The first-order valence-electron chi connectivity index (χ1n) is 11.8. The average Bonchev–Trinajstić information content (AvgIpc) is 3.30. The minimum atomic E-state index is -0.639. The monoisotopic (exact) mass is 523 g/mol. The van der Waals surface area contributed by atoms with Crippen molar-refractivity contribution < 1.29 is 23.9 Å². The summed E-state index contributed by atoms with van der Waals surface area (Å²) in [7, 11) is 0. The Kier molecular flexibility index (Phi) is 7.94. The molecule has 0 spiro atoms. The van der Waals surface area contributed by atoms with Crippen molar-refractivity contribution in [3.8, 4) is 17.2 Å². The number of piperidine rings is 1. The Morgan fingerprint density at radius 1 is 1.24 bits per heavy atom. The molecule has 0 unspecified atom stereocenters. The number of anilines is 1. The molecule has 192 valence electrons. The summed E-state index contributed by atoms with van der Waals surface area (Å²) in [6.07, 6.45) is 0.584. The van der Waals surface area contributed by atoms with Gasteiger partial charge in [-0.15, -0.1) is 0 Å². The van der Waals surface area contributed by atoms with Crippen LogP contribution < -0.4 is 5.32 Å². The Hall–Kier alpha value is -4.10. The number of likely N-dealkylation sites (tertiary alicyclic amines) is 1. The van der Waals surface area contributed by atoms with E-state index in [9.17, 15) is 19.6 Å². The first-order chi connectivity index (χ1) is 17.8. The lowest BCUT2D eigenvalue weighted by molar-refractivity contribution is -0.156. The van der Waals surface area contributed by atoms with Crippen molar-refractivity contribution >= 4 is 46.3 Å². The standard InChI is InChI=1S/C26H26ClN5O5/c1-15(2)25(34)36-14-37-26(35)32-9-3-4-18(13-32)24(33)29-23-20-11-17(6-8-22(20)30-31-23)19-10-16(12-28)5-7-21(19)27/h5-8,10-11,15,18H,3-4,9,13-14H2,1-2H3,(H2,29,30,31,33)/t18-/m1/s1. The lowest BCUT2D eigenvalue weighted by atomic mass is 9.97. The number of nitrogens with one attached hydrogen (secondary N) is 2. The topological polar surface area (TPSA) is 137 Å². The van der Waals surface area contributed by atoms with E-state index in [1.165, 1.54) is 4.90 Å². The summed E-state index contributed by atoms with van der Waals surface area (Å²) in [5.41, 5.74) is 2.67. The molecule has 4 rings (SSSR count). The summed E-state index contributed by atoms with van der Waals surface area (Å²) in [5, 5.41) is 20.4. The van der Waals surface area contributed by atoms with E-state index in [0.717, 1.165) is 11.1 Å². The Bertz CT molecular complexity index is 1380. The zero-order valence-corrected chi connectivity index (χ0v) is 21.2. The highest BCUT2D eigenvalue weighted by Gasteiger charge is 2.30. The first-order valence-corrected chi connectivity index (χ1v) is 12.2. The lowest BCUT2D eigenvalue weighted by Crippen LogP contribution is -2.44. The van der Waals surface area contributed by atoms with Gasteiger partial charge in [-0.05, 0) is 48.7 Å². The van der Waals surface area contributed by atoms with Gasteiger partial charge in [0, 0.05) is 29.1 Å². The molecular formula is C26H26ClN5O5. The van der Waals surface area contributed by atoms with Gasteiger partial charge in [0.2, 0.25) is 12.7 Å². The van der Waals surface area contributed by atoms with Crippen LogP contribution in [-0.4, -0.2) is 52.9 Å². The van der Waals surface area contributed by atoms with Crippen LogP contribution in [0.15, 0.2) is 36.4 Å². The molecule has 1 fully saturated rings. The molecule has 10 nitrogen and oxygen atoms in total.